The molecule has 5 heteroatoms. The Hall–Kier alpha value is -0.610. The topological polar surface area (TPSA) is 52.6 Å². The second-order valence-corrected chi connectivity index (χ2v) is 5.09. The predicted molar refractivity (Wildman–Crippen MR) is 68.4 cm³/mol. The van der Waals surface area contributed by atoms with E-state index in [1.54, 1.807) is 0 Å². The number of hydrogen-bond acceptors (Lipinski definition) is 4. The van der Waals surface area contributed by atoms with E-state index in [9.17, 15) is 9.59 Å². The fourth-order valence-electron chi connectivity index (χ4n) is 2.02. The van der Waals surface area contributed by atoms with Gasteiger partial charge in [-0.3, -0.25) is 9.59 Å². The standard InChI is InChI=1S/C13H21ClO4/c1-2-3-4-7-17-9-11-8-10(13(16)18-11)5-6-12(14)15/h10-11H,2-9H2,1H3. The molecule has 0 aliphatic carbocycles. The minimum absolute atomic E-state index is 0.158. The molecule has 0 aromatic rings. The van der Waals surface area contributed by atoms with E-state index in [4.69, 9.17) is 21.1 Å². The monoisotopic (exact) mass is 276 g/mol. The van der Waals surface area contributed by atoms with Crippen molar-refractivity contribution in [2.24, 2.45) is 5.92 Å². The summed E-state index contributed by atoms with van der Waals surface area (Å²) in [7, 11) is 0. The number of cyclic esters (lactones) is 1. The number of hydrogen-bond donors (Lipinski definition) is 0. The maximum Gasteiger partial charge on any atom is 0.309 e. The first-order valence-electron chi connectivity index (χ1n) is 6.60. The summed E-state index contributed by atoms with van der Waals surface area (Å²) in [5, 5.41) is -0.401. The van der Waals surface area contributed by atoms with E-state index in [-0.39, 0.29) is 24.4 Å². The molecule has 1 rings (SSSR count). The third-order valence-electron chi connectivity index (χ3n) is 3.05. The summed E-state index contributed by atoms with van der Waals surface area (Å²) >= 11 is 5.26. The average molecular weight is 277 g/mol. The summed E-state index contributed by atoms with van der Waals surface area (Å²) in [5.41, 5.74) is 0. The van der Waals surface area contributed by atoms with Crippen LogP contribution in [0.25, 0.3) is 0 Å². The molecule has 0 saturated carbocycles. The molecule has 0 bridgehead atoms. The molecule has 0 N–H and O–H groups in total. The van der Waals surface area contributed by atoms with Crippen LogP contribution in [0.2, 0.25) is 0 Å². The molecule has 0 amide bonds. The lowest BCUT2D eigenvalue weighted by Gasteiger charge is -2.09. The van der Waals surface area contributed by atoms with Crippen LogP contribution in [-0.4, -0.2) is 30.5 Å². The highest BCUT2D eigenvalue weighted by Crippen LogP contribution is 2.25. The largest absolute Gasteiger partial charge is 0.460 e. The Kier molecular flexibility index (Phi) is 7.28. The Labute approximate surface area is 113 Å². The van der Waals surface area contributed by atoms with Crippen LogP contribution in [0.3, 0.4) is 0 Å². The molecule has 1 saturated heterocycles. The number of unbranched alkanes of at least 4 members (excludes halogenated alkanes) is 2. The number of halogens is 1. The third-order valence-corrected chi connectivity index (χ3v) is 3.24. The minimum Gasteiger partial charge on any atom is -0.460 e. The Morgan fingerprint density at radius 1 is 1.50 bits per heavy atom. The van der Waals surface area contributed by atoms with Crippen molar-refractivity contribution in [1.29, 1.82) is 0 Å². The Morgan fingerprint density at radius 2 is 2.28 bits per heavy atom. The van der Waals surface area contributed by atoms with Crippen LogP contribution in [0, 0.1) is 5.92 Å². The second-order valence-electron chi connectivity index (χ2n) is 4.67. The van der Waals surface area contributed by atoms with Crippen LogP contribution in [0.1, 0.15) is 45.4 Å². The van der Waals surface area contributed by atoms with Crippen LogP contribution >= 0.6 is 11.6 Å². The zero-order valence-electron chi connectivity index (χ0n) is 10.8. The van der Waals surface area contributed by atoms with E-state index in [2.05, 4.69) is 6.92 Å². The van der Waals surface area contributed by atoms with Crippen LogP contribution in [0.5, 0.6) is 0 Å². The van der Waals surface area contributed by atoms with E-state index >= 15 is 0 Å². The maximum atomic E-state index is 11.5. The van der Waals surface area contributed by atoms with Crippen molar-refractivity contribution in [3.8, 4) is 0 Å². The van der Waals surface area contributed by atoms with Gasteiger partial charge in [-0.2, -0.15) is 0 Å². The van der Waals surface area contributed by atoms with E-state index in [1.807, 2.05) is 0 Å². The molecule has 2 atom stereocenters. The van der Waals surface area contributed by atoms with Crippen LogP contribution in [0.15, 0.2) is 0 Å². The van der Waals surface area contributed by atoms with Crippen molar-refractivity contribution in [1.82, 2.24) is 0 Å². The molecule has 1 aliphatic rings. The highest BCUT2D eigenvalue weighted by molar-refractivity contribution is 6.63. The quantitative estimate of drug-likeness (QED) is 0.369. The summed E-state index contributed by atoms with van der Waals surface area (Å²) in [5.74, 6) is -0.424. The molecule has 0 aromatic heterocycles. The molecule has 0 aromatic carbocycles. The van der Waals surface area contributed by atoms with Gasteiger partial charge in [0.05, 0.1) is 12.5 Å². The molecule has 2 unspecified atom stereocenters. The van der Waals surface area contributed by atoms with Crippen LogP contribution in [-0.2, 0) is 19.1 Å². The fraction of sp³-hybridized carbons (Fsp3) is 0.846. The van der Waals surface area contributed by atoms with Gasteiger partial charge in [0.25, 0.3) is 0 Å². The molecular formula is C13H21ClO4. The van der Waals surface area contributed by atoms with Gasteiger partial charge < -0.3 is 9.47 Å². The fourth-order valence-corrected chi connectivity index (χ4v) is 2.13. The van der Waals surface area contributed by atoms with Gasteiger partial charge in [0.1, 0.15) is 6.10 Å². The molecule has 1 fully saturated rings. The van der Waals surface area contributed by atoms with Crippen molar-refractivity contribution >= 4 is 22.8 Å². The summed E-state index contributed by atoms with van der Waals surface area (Å²) in [6, 6.07) is 0. The second kappa shape index (κ2) is 8.48. The van der Waals surface area contributed by atoms with Crippen molar-refractivity contribution < 1.29 is 19.1 Å². The van der Waals surface area contributed by atoms with Crippen molar-refractivity contribution in [3.63, 3.8) is 0 Å². The van der Waals surface area contributed by atoms with E-state index in [1.165, 1.54) is 0 Å². The van der Waals surface area contributed by atoms with Gasteiger partial charge in [-0.1, -0.05) is 19.8 Å². The van der Waals surface area contributed by atoms with E-state index < -0.39 is 5.24 Å². The molecule has 1 heterocycles. The third kappa shape index (κ3) is 5.83. The van der Waals surface area contributed by atoms with E-state index in [0.717, 1.165) is 19.3 Å². The molecule has 18 heavy (non-hydrogen) atoms. The summed E-state index contributed by atoms with van der Waals surface area (Å²) in [6.07, 6.45) is 4.55. The average Bonchev–Trinajstić information content (AvgIpc) is 2.67. The lowest BCUT2D eigenvalue weighted by atomic mass is 10.00. The van der Waals surface area contributed by atoms with Gasteiger partial charge in [-0.25, -0.2) is 0 Å². The lowest BCUT2D eigenvalue weighted by molar-refractivity contribution is -0.146. The first kappa shape index (κ1) is 15.4. The van der Waals surface area contributed by atoms with Crippen molar-refractivity contribution in [2.75, 3.05) is 13.2 Å². The highest BCUT2D eigenvalue weighted by atomic mass is 35.5. The molecule has 104 valence electrons. The Balaban J connectivity index is 2.14. The molecule has 4 nitrogen and oxygen atoms in total. The van der Waals surface area contributed by atoms with Gasteiger partial charge in [-0.05, 0) is 30.9 Å². The number of carbonyl (C=O) groups is 2. The highest BCUT2D eigenvalue weighted by Gasteiger charge is 2.34. The Morgan fingerprint density at radius 3 is 2.94 bits per heavy atom. The van der Waals surface area contributed by atoms with Gasteiger partial charge in [0, 0.05) is 13.0 Å². The predicted octanol–water partition coefficient (Wildman–Crippen LogP) is 2.67. The van der Waals surface area contributed by atoms with Crippen LogP contribution in [0.4, 0.5) is 0 Å². The van der Waals surface area contributed by atoms with Crippen LogP contribution < -0.4 is 0 Å². The van der Waals surface area contributed by atoms with Gasteiger partial charge >= 0.3 is 5.97 Å². The number of ether oxygens (including phenoxy) is 2. The smallest absolute Gasteiger partial charge is 0.309 e. The molecule has 0 spiro atoms. The molecule has 0 radical (unpaired) electrons. The van der Waals surface area contributed by atoms with Crippen molar-refractivity contribution in [3.05, 3.63) is 0 Å². The zero-order valence-corrected chi connectivity index (χ0v) is 11.6. The first-order valence-corrected chi connectivity index (χ1v) is 6.97. The van der Waals surface area contributed by atoms with Gasteiger partial charge in [-0.15, -0.1) is 0 Å². The van der Waals surface area contributed by atoms with Crippen molar-refractivity contribution in [2.45, 2.75) is 51.6 Å². The SMILES string of the molecule is CCCCCOCC1CC(CCC(=O)Cl)C(=O)O1. The van der Waals surface area contributed by atoms with Gasteiger partial charge in [0.2, 0.25) is 5.24 Å². The normalized spacial score (nSPS) is 23.1. The lowest BCUT2D eigenvalue weighted by Crippen LogP contribution is -2.15. The number of rotatable bonds is 9. The molecule has 1 aliphatic heterocycles. The summed E-state index contributed by atoms with van der Waals surface area (Å²) < 4.78 is 10.7. The number of carbonyl (C=O) groups excluding carboxylic acids is 2. The maximum absolute atomic E-state index is 11.5. The van der Waals surface area contributed by atoms with E-state index in [0.29, 0.717) is 26.1 Å². The summed E-state index contributed by atoms with van der Waals surface area (Å²) in [6.45, 7) is 3.31. The first-order chi connectivity index (χ1) is 8.63. The van der Waals surface area contributed by atoms with Gasteiger partial charge in [0.15, 0.2) is 0 Å². The zero-order chi connectivity index (χ0) is 13.4. The number of esters is 1. The summed E-state index contributed by atoms with van der Waals surface area (Å²) in [4.78, 5) is 22.1. The minimum atomic E-state index is -0.401. The Bertz CT molecular complexity index is 280. The molecular weight excluding hydrogens is 256 g/mol.